The fourth-order valence-electron chi connectivity index (χ4n) is 4.15. The van der Waals surface area contributed by atoms with Gasteiger partial charge in [0.2, 0.25) is 0 Å². The van der Waals surface area contributed by atoms with Gasteiger partial charge < -0.3 is 0 Å². The van der Waals surface area contributed by atoms with Crippen LogP contribution in [0.1, 0.15) is 62.5 Å². The quantitative estimate of drug-likeness (QED) is 0.450. The molecule has 0 bridgehead atoms. The van der Waals surface area contributed by atoms with Crippen molar-refractivity contribution in [3.8, 4) is 11.1 Å². The Kier molecular flexibility index (Phi) is 6.23. The van der Waals surface area contributed by atoms with Gasteiger partial charge in [0, 0.05) is 5.56 Å². The lowest BCUT2D eigenvalue weighted by Gasteiger charge is -2.28. The highest BCUT2D eigenvalue weighted by atomic mass is 19.3. The lowest BCUT2D eigenvalue weighted by Crippen LogP contribution is -2.23. The first kappa shape index (κ1) is 19.9. The molecule has 2 aromatic rings. The number of alkyl halides is 4. The number of hydrogen-bond acceptors (Lipinski definition) is 0. The average Bonchev–Trinajstić information content (AvgIpc) is 2.69. The molecule has 0 radical (unpaired) electrons. The first-order chi connectivity index (χ1) is 12.9. The summed E-state index contributed by atoms with van der Waals surface area (Å²) in [5.74, 6) is -2.64. The molecule has 0 atom stereocenters. The van der Waals surface area contributed by atoms with E-state index in [0.29, 0.717) is 5.92 Å². The van der Waals surface area contributed by atoms with E-state index >= 15 is 0 Å². The molecule has 1 aliphatic rings. The molecule has 1 aliphatic carbocycles. The lowest BCUT2D eigenvalue weighted by molar-refractivity contribution is -0.135. The monoisotopic (exact) mass is 378 g/mol. The Labute approximate surface area is 158 Å². The molecule has 0 N–H and O–H groups in total. The van der Waals surface area contributed by atoms with Crippen LogP contribution < -0.4 is 0 Å². The van der Waals surface area contributed by atoms with Gasteiger partial charge in [-0.3, -0.25) is 0 Å². The van der Waals surface area contributed by atoms with Gasteiger partial charge in [-0.15, -0.1) is 0 Å². The minimum Gasteiger partial charge on any atom is -0.203 e. The van der Waals surface area contributed by atoms with Crippen LogP contribution in [0.4, 0.5) is 17.6 Å². The fourth-order valence-corrected chi connectivity index (χ4v) is 4.15. The highest BCUT2D eigenvalue weighted by Gasteiger charge is 2.42. The van der Waals surface area contributed by atoms with Crippen molar-refractivity contribution >= 4 is 0 Å². The summed E-state index contributed by atoms with van der Waals surface area (Å²) in [7, 11) is 0. The summed E-state index contributed by atoms with van der Waals surface area (Å²) in [5.41, 5.74) is 2.34. The van der Waals surface area contributed by atoms with Crippen molar-refractivity contribution in [1.82, 2.24) is 0 Å². The number of benzene rings is 2. The van der Waals surface area contributed by atoms with Crippen LogP contribution in [-0.4, -0.2) is 6.43 Å². The zero-order chi connectivity index (χ0) is 19.4. The van der Waals surface area contributed by atoms with E-state index in [1.54, 1.807) is 0 Å². The van der Waals surface area contributed by atoms with E-state index in [0.717, 1.165) is 29.2 Å². The summed E-state index contributed by atoms with van der Waals surface area (Å²) in [6.45, 7) is 2.24. The summed E-state index contributed by atoms with van der Waals surface area (Å²) in [6, 6.07) is 13.4. The largest absolute Gasteiger partial charge is 0.332 e. The minimum absolute atomic E-state index is 0.597. The van der Waals surface area contributed by atoms with E-state index in [2.05, 4.69) is 19.1 Å². The van der Waals surface area contributed by atoms with E-state index < -0.39 is 17.9 Å². The Bertz CT molecular complexity index is 711. The van der Waals surface area contributed by atoms with Crippen molar-refractivity contribution in [2.75, 3.05) is 0 Å². The Balaban J connectivity index is 1.67. The molecule has 2 aromatic carbocycles. The van der Waals surface area contributed by atoms with Crippen molar-refractivity contribution in [3.63, 3.8) is 0 Å². The normalized spacial score (nSPS) is 20.8. The summed E-state index contributed by atoms with van der Waals surface area (Å²) < 4.78 is 51.7. The fraction of sp³-hybridized carbons (Fsp3) is 0.478. The van der Waals surface area contributed by atoms with Gasteiger partial charge >= 0.3 is 12.3 Å². The molecular formula is C23H26F4. The molecule has 0 amide bonds. The van der Waals surface area contributed by atoms with Crippen LogP contribution in [0.15, 0.2) is 48.5 Å². The van der Waals surface area contributed by atoms with E-state index in [1.807, 2.05) is 12.1 Å². The van der Waals surface area contributed by atoms with Crippen molar-refractivity contribution in [1.29, 1.82) is 0 Å². The highest BCUT2D eigenvalue weighted by Crippen LogP contribution is 2.38. The Morgan fingerprint density at radius 2 is 1.37 bits per heavy atom. The topological polar surface area (TPSA) is 0 Å². The van der Waals surface area contributed by atoms with Gasteiger partial charge in [0.1, 0.15) is 0 Å². The van der Waals surface area contributed by atoms with Crippen LogP contribution in [0.3, 0.4) is 0 Å². The van der Waals surface area contributed by atoms with E-state index in [9.17, 15) is 17.6 Å². The van der Waals surface area contributed by atoms with Gasteiger partial charge in [0.15, 0.2) is 0 Å². The molecule has 0 unspecified atom stereocenters. The maximum atomic E-state index is 13.4. The van der Waals surface area contributed by atoms with Crippen LogP contribution in [0.2, 0.25) is 0 Å². The smallest absolute Gasteiger partial charge is 0.203 e. The number of halogens is 4. The van der Waals surface area contributed by atoms with Gasteiger partial charge in [0.25, 0.3) is 0 Å². The number of hydrogen-bond donors (Lipinski definition) is 0. The van der Waals surface area contributed by atoms with Crippen LogP contribution in [0.25, 0.3) is 11.1 Å². The molecule has 0 saturated heterocycles. The van der Waals surface area contributed by atoms with Gasteiger partial charge in [-0.2, -0.15) is 8.78 Å². The summed E-state index contributed by atoms with van der Waals surface area (Å²) in [6.07, 6.45) is 3.91. The predicted molar refractivity (Wildman–Crippen MR) is 101 cm³/mol. The Morgan fingerprint density at radius 1 is 0.852 bits per heavy atom. The third-order valence-electron chi connectivity index (χ3n) is 5.80. The molecule has 0 spiro atoms. The van der Waals surface area contributed by atoms with E-state index in [4.69, 9.17) is 0 Å². The van der Waals surface area contributed by atoms with Crippen molar-refractivity contribution in [2.45, 2.75) is 63.7 Å². The second-order valence-electron chi connectivity index (χ2n) is 7.63. The Hall–Kier alpha value is -1.84. The molecule has 4 heteroatoms. The molecule has 0 heterocycles. The van der Waals surface area contributed by atoms with E-state index in [-0.39, 0.29) is 0 Å². The Morgan fingerprint density at radius 3 is 1.85 bits per heavy atom. The molecule has 0 aromatic heterocycles. The molecule has 0 nitrogen and oxygen atoms in total. The van der Waals surface area contributed by atoms with Gasteiger partial charge in [-0.1, -0.05) is 68.3 Å². The standard InChI is InChI=1S/C23H26F4/c1-2-3-16-4-6-17(7-5-16)18-8-10-19(11-9-18)20-12-14-21(15-13-20)23(26,27)22(24)25/h8-17,22H,2-7H2,1H3. The first-order valence-corrected chi connectivity index (χ1v) is 9.78. The molecule has 3 rings (SSSR count). The maximum Gasteiger partial charge on any atom is 0.332 e. The van der Waals surface area contributed by atoms with Crippen molar-refractivity contribution in [2.24, 2.45) is 5.92 Å². The molecular weight excluding hydrogens is 352 g/mol. The van der Waals surface area contributed by atoms with Gasteiger partial charge in [0.05, 0.1) is 0 Å². The third kappa shape index (κ3) is 4.53. The first-order valence-electron chi connectivity index (χ1n) is 9.78. The van der Waals surface area contributed by atoms with E-state index in [1.165, 1.54) is 56.2 Å². The van der Waals surface area contributed by atoms with Crippen LogP contribution in [-0.2, 0) is 5.92 Å². The molecule has 1 saturated carbocycles. The van der Waals surface area contributed by atoms with Crippen LogP contribution >= 0.6 is 0 Å². The summed E-state index contributed by atoms with van der Waals surface area (Å²) >= 11 is 0. The van der Waals surface area contributed by atoms with Crippen molar-refractivity contribution < 1.29 is 17.6 Å². The molecule has 27 heavy (non-hydrogen) atoms. The third-order valence-corrected chi connectivity index (χ3v) is 5.80. The second-order valence-corrected chi connectivity index (χ2v) is 7.63. The maximum absolute atomic E-state index is 13.4. The molecule has 1 fully saturated rings. The van der Waals surface area contributed by atoms with Crippen molar-refractivity contribution in [3.05, 3.63) is 59.7 Å². The zero-order valence-electron chi connectivity index (χ0n) is 15.6. The van der Waals surface area contributed by atoms with Gasteiger partial charge in [-0.25, -0.2) is 8.78 Å². The second kappa shape index (κ2) is 8.45. The average molecular weight is 378 g/mol. The zero-order valence-corrected chi connectivity index (χ0v) is 15.6. The highest BCUT2D eigenvalue weighted by molar-refractivity contribution is 5.64. The SMILES string of the molecule is CCCC1CCC(c2ccc(-c3ccc(C(F)(F)C(F)F)cc3)cc2)CC1. The van der Waals surface area contributed by atoms with Crippen LogP contribution in [0, 0.1) is 5.92 Å². The summed E-state index contributed by atoms with van der Waals surface area (Å²) in [4.78, 5) is 0. The minimum atomic E-state index is -4.11. The molecule has 0 aliphatic heterocycles. The molecule has 146 valence electrons. The van der Waals surface area contributed by atoms with Crippen LogP contribution in [0.5, 0.6) is 0 Å². The predicted octanol–water partition coefficient (Wildman–Crippen LogP) is 7.78. The summed E-state index contributed by atoms with van der Waals surface area (Å²) in [5, 5.41) is 0. The lowest BCUT2D eigenvalue weighted by atomic mass is 9.77. The number of rotatable bonds is 6. The van der Waals surface area contributed by atoms with Gasteiger partial charge in [-0.05, 0) is 54.2 Å².